The Morgan fingerprint density at radius 3 is 2.38 bits per heavy atom. The van der Waals surface area contributed by atoms with Gasteiger partial charge in [0.15, 0.2) is 0 Å². The average Bonchev–Trinajstić information content (AvgIpc) is 2.58. The van der Waals surface area contributed by atoms with Crippen LogP contribution in [0, 0.1) is 13.3 Å². The van der Waals surface area contributed by atoms with Gasteiger partial charge in [0.1, 0.15) is 0 Å². The van der Waals surface area contributed by atoms with Crippen LogP contribution < -0.4 is 0 Å². The maximum atomic E-state index is 4.93. The molecule has 1 aliphatic rings. The summed E-state index contributed by atoms with van der Waals surface area (Å²) < 4.78 is 0. The van der Waals surface area contributed by atoms with Gasteiger partial charge in [-0.25, -0.2) is 0 Å². The Morgan fingerprint density at radius 2 is 1.81 bits per heavy atom. The van der Waals surface area contributed by atoms with Crippen molar-refractivity contribution in [2.24, 2.45) is 0 Å². The van der Waals surface area contributed by atoms with E-state index in [2.05, 4.69) is 45.4 Å². The van der Waals surface area contributed by atoms with Gasteiger partial charge in [0, 0.05) is 6.42 Å². The second-order valence-electron chi connectivity index (χ2n) is 3.88. The molecule has 2 rings (SSSR count). The molecule has 0 aromatic heterocycles. The molecule has 0 atom stereocenters. The molecule has 0 N–H and O–H groups in total. The van der Waals surface area contributed by atoms with E-state index in [-0.39, 0.29) is 0 Å². The van der Waals surface area contributed by atoms with Crippen LogP contribution in [0.5, 0.6) is 0 Å². The van der Waals surface area contributed by atoms with Crippen LogP contribution in [-0.2, 0) is 27.3 Å². The van der Waals surface area contributed by atoms with E-state index in [0.717, 1.165) is 6.42 Å². The van der Waals surface area contributed by atoms with E-state index in [9.17, 15) is 0 Å². The summed E-state index contributed by atoms with van der Waals surface area (Å²) in [5, 5.41) is 0. The van der Waals surface area contributed by atoms with Crippen molar-refractivity contribution in [3.8, 4) is 0 Å². The molecule has 1 radical (unpaired) electrons. The van der Waals surface area contributed by atoms with E-state index in [1.54, 1.807) is 0 Å². The van der Waals surface area contributed by atoms with E-state index in [0.29, 0.717) is 0 Å². The number of halogens is 2. The van der Waals surface area contributed by atoms with E-state index in [1.165, 1.54) is 27.8 Å². The van der Waals surface area contributed by atoms with Crippen molar-refractivity contribution in [3.05, 3.63) is 46.4 Å². The number of rotatable bonds is 1. The Balaban J connectivity index is 0.000000386. The fraction of sp³-hybridized carbons (Fsp3) is 0.308. The van der Waals surface area contributed by atoms with Crippen LogP contribution in [0.4, 0.5) is 0 Å². The molecule has 85 valence electrons. The number of benzene rings is 1. The molecule has 0 amide bonds. The molecule has 0 heterocycles. The van der Waals surface area contributed by atoms with E-state index in [1.807, 2.05) is 0 Å². The number of hydrogen-bond acceptors (Lipinski definition) is 0. The Bertz CT molecular complexity index is 397. The fourth-order valence-electron chi connectivity index (χ4n) is 2.01. The molecule has 1 aliphatic carbocycles. The molecule has 0 spiro atoms. The molecular weight excluding hydrogens is 318 g/mol. The van der Waals surface area contributed by atoms with Gasteiger partial charge in [0.25, 0.3) is 0 Å². The zero-order valence-electron chi connectivity index (χ0n) is 9.77. The Labute approximate surface area is 117 Å². The van der Waals surface area contributed by atoms with Crippen LogP contribution in [0.2, 0.25) is 0 Å². The Kier molecular flexibility index (Phi) is 6.33. The van der Waals surface area contributed by atoms with E-state index < -0.39 is 20.8 Å². The summed E-state index contributed by atoms with van der Waals surface area (Å²) in [5.74, 6) is 0. The molecule has 0 aliphatic heterocycles. The van der Waals surface area contributed by atoms with Crippen LogP contribution in [0.3, 0.4) is 0 Å². The summed E-state index contributed by atoms with van der Waals surface area (Å²) in [7, 11) is 9.87. The zero-order valence-corrected chi connectivity index (χ0v) is 13.7. The average molecular weight is 333 g/mol. The van der Waals surface area contributed by atoms with Gasteiger partial charge in [0.2, 0.25) is 0 Å². The zero-order chi connectivity index (χ0) is 12.1. The molecule has 1 aromatic carbocycles. The number of allylic oxidation sites excluding steroid dienone is 1. The van der Waals surface area contributed by atoms with Gasteiger partial charge in [-0.15, -0.1) is 0 Å². The van der Waals surface area contributed by atoms with Crippen molar-refractivity contribution in [2.75, 3.05) is 0 Å². The third-order valence-corrected chi connectivity index (χ3v) is 2.58. The summed E-state index contributed by atoms with van der Waals surface area (Å²) in [4.78, 5) is 0. The first-order valence-electron chi connectivity index (χ1n) is 5.25. The van der Waals surface area contributed by atoms with Crippen molar-refractivity contribution in [1.29, 1.82) is 0 Å². The normalized spacial score (nSPS) is 12.4. The molecule has 1 aromatic rings. The minimum atomic E-state index is -0.826. The van der Waals surface area contributed by atoms with Gasteiger partial charge >= 0.3 is 37.9 Å². The van der Waals surface area contributed by atoms with E-state index in [4.69, 9.17) is 17.0 Å². The number of fused-ring (bicyclic) bond motifs is 1. The summed E-state index contributed by atoms with van der Waals surface area (Å²) in [6, 6.07) is 4.56. The Morgan fingerprint density at radius 1 is 1.19 bits per heavy atom. The second kappa shape index (κ2) is 6.99. The second-order valence-corrected chi connectivity index (χ2v) is 7.62. The topological polar surface area (TPSA) is 0 Å². The first-order valence-corrected chi connectivity index (χ1v) is 11.6. The summed E-state index contributed by atoms with van der Waals surface area (Å²) in [5.41, 5.74) is 7.05. The van der Waals surface area contributed by atoms with Gasteiger partial charge in [-0.2, -0.15) is 0 Å². The third-order valence-electron chi connectivity index (χ3n) is 2.58. The van der Waals surface area contributed by atoms with Crippen LogP contribution >= 0.6 is 17.0 Å². The van der Waals surface area contributed by atoms with Crippen LogP contribution in [0.1, 0.15) is 36.1 Å². The summed E-state index contributed by atoms with van der Waals surface area (Å²) in [6.07, 6.45) is 5.68. The minimum absolute atomic E-state index is 0.826. The molecule has 0 saturated heterocycles. The first kappa shape index (κ1) is 14.5. The van der Waals surface area contributed by atoms with E-state index >= 15 is 0 Å². The van der Waals surface area contributed by atoms with Gasteiger partial charge in [0.05, 0.1) is 0 Å². The van der Waals surface area contributed by atoms with Crippen LogP contribution in [0.15, 0.2) is 17.7 Å². The predicted molar refractivity (Wildman–Crippen MR) is 69.3 cm³/mol. The summed E-state index contributed by atoms with van der Waals surface area (Å²) >= 11 is -0.826. The predicted octanol–water partition coefficient (Wildman–Crippen LogP) is 4.90. The van der Waals surface area contributed by atoms with Gasteiger partial charge in [-0.3, -0.25) is 0 Å². The molecule has 0 unspecified atom stereocenters. The number of aryl methyl sites for hydroxylation is 2. The standard InChI is InChI=1S/C13H15.2ClH.Zr/c1-4-11-5-9(2)6-12-7-10(3)8-13(11)12;;;/h5-8H,4H2,1-3H3;2*1H;/q;;;+2/p-2. The summed E-state index contributed by atoms with van der Waals surface area (Å²) in [6.45, 7) is 6.55. The molecule has 0 saturated carbocycles. The fourth-order valence-corrected chi connectivity index (χ4v) is 2.01. The molecule has 16 heavy (non-hydrogen) atoms. The Hall–Kier alpha value is 0.423. The quantitative estimate of drug-likeness (QED) is 0.685. The van der Waals surface area contributed by atoms with Crippen LogP contribution in [-0.4, -0.2) is 0 Å². The van der Waals surface area contributed by atoms with Gasteiger partial charge < -0.3 is 0 Å². The van der Waals surface area contributed by atoms with Crippen molar-refractivity contribution >= 4 is 23.1 Å². The molecule has 0 bridgehead atoms. The van der Waals surface area contributed by atoms with Crippen molar-refractivity contribution in [2.45, 2.75) is 27.2 Å². The third kappa shape index (κ3) is 3.72. The number of hydrogen-bond donors (Lipinski definition) is 0. The van der Waals surface area contributed by atoms with Crippen molar-refractivity contribution in [3.63, 3.8) is 0 Å². The molecular formula is C13H15Cl2Zr. The SMILES string of the molecule is CCc1cc(C)cc2c1C=C(C)[CH]2.[Cl][Zr][Cl]. The van der Waals surface area contributed by atoms with Crippen molar-refractivity contribution < 1.29 is 20.8 Å². The molecule has 0 nitrogen and oxygen atoms in total. The molecule has 3 heteroatoms. The van der Waals surface area contributed by atoms with Gasteiger partial charge in [-0.1, -0.05) is 36.3 Å². The van der Waals surface area contributed by atoms with Crippen molar-refractivity contribution in [1.82, 2.24) is 0 Å². The van der Waals surface area contributed by atoms with Crippen LogP contribution in [0.25, 0.3) is 6.08 Å². The van der Waals surface area contributed by atoms with Gasteiger partial charge in [-0.05, 0) is 37.0 Å². The molecule has 0 fully saturated rings. The maximum absolute atomic E-state index is 4.93. The monoisotopic (exact) mass is 331 g/mol. The first-order chi connectivity index (χ1) is 7.62.